The van der Waals surface area contributed by atoms with Gasteiger partial charge in [0.15, 0.2) is 17.4 Å². The van der Waals surface area contributed by atoms with Crippen LogP contribution < -0.4 is 10.9 Å². The van der Waals surface area contributed by atoms with Gasteiger partial charge in [-0.25, -0.2) is 16.2 Å². The number of nitrogens with zero attached hydrogens (tertiary/aromatic N) is 5. The summed E-state index contributed by atoms with van der Waals surface area (Å²) < 4.78 is 61.4. The molecule has 1 amide bonds. The zero-order valence-corrected chi connectivity index (χ0v) is 27.1. The number of alkyl halides is 2. The second-order valence-corrected chi connectivity index (χ2v) is 12.7. The number of amides is 1. The quantitative estimate of drug-likeness (QED) is 0.155. The van der Waals surface area contributed by atoms with E-state index in [1.165, 1.54) is 10.9 Å². The molecule has 2 aromatic heterocycles. The molecule has 2 aromatic rings. The van der Waals surface area contributed by atoms with Gasteiger partial charge in [0.05, 0.1) is 19.0 Å². The van der Waals surface area contributed by atoms with Gasteiger partial charge in [0.1, 0.15) is 19.3 Å². The molecule has 44 heavy (non-hydrogen) atoms. The first kappa shape index (κ1) is 35.8. The lowest BCUT2D eigenvalue weighted by atomic mass is 10.0. The topological polar surface area (TPSA) is 146 Å². The molecule has 3 heterocycles. The van der Waals surface area contributed by atoms with Crippen molar-refractivity contribution in [2.24, 2.45) is 11.8 Å². The van der Waals surface area contributed by atoms with Crippen molar-refractivity contribution < 1.29 is 36.8 Å². The molecule has 1 fully saturated rings. The lowest BCUT2D eigenvalue weighted by Gasteiger charge is -2.36. The predicted molar refractivity (Wildman–Crippen MR) is 159 cm³/mol. The lowest BCUT2D eigenvalue weighted by Crippen LogP contribution is -2.38. The standard InChI is InChI=1S/C27H42F2N7O7P/c1-15(2)23(37)33-26-32-22-20(24(38)34-26)31-14-35(22)25-21(43-27(28,29)13-39-9)18(7)19(42-25)12-41-44(40-11-10-30-8)36(16(3)4)17(5)6/h14-19,21,25H,10-13H2,1-7,9H3,(H2,32,33,34,37,38)/t18-,19-,21-,25-,44?/m1/s1. The van der Waals surface area contributed by atoms with Gasteiger partial charge in [-0.3, -0.25) is 24.5 Å². The molecule has 1 unspecified atom stereocenters. The summed E-state index contributed by atoms with van der Waals surface area (Å²) in [6.45, 7) is 19.4. The zero-order valence-electron chi connectivity index (χ0n) is 26.2. The Hall–Kier alpha value is -2.64. The van der Waals surface area contributed by atoms with E-state index >= 15 is 0 Å². The minimum Gasteiger partial charge on any atom is -0.376 e. The first-order chi connectivity index (χ1) is 20.7. The van der Waals surface area contributed by atoms with E-state index in [9.17, 15) is 18.4 Å². The fraction of sp³-hybridized carbons (Fsp3) is 0.741. The first-order valence-corrected chi connectivity index (χ1v) is 15.5. The summed E-state index contributed by atoms with van der Waals surface area (Å²) >= 11 is 0. The number of carbonyl (C=O) groups is 1. The molecule has 0 spiro atoms. The largest absolute Gasteiger partial charge is 0.379 e. The maximum absolute atomic E-state index is 14.8. The highest BCUT2D eigenvalue weighted by molar-refractivity contribution is 7.44. The monoisotopic (exact) mass is 645 g/mol. The van der Waals surface area contributed by atoms with Gasteiger partial charge in [0.25, 0.3) is 14.1 Å². The van der Waals surface area contributed by atoms with Crippen molar-refractivity contribution in [1.29, 1.82) is 0 Å². The van der Waals surface area contributed by atoms with E-state index in [1.54, 1.807) is 20.8 Å². The summed E-state index contributed by atoms with van der Waals surface area (Å²) in [4.78, 5) is 39.3. The number of aromatic amines is 1. The first-order valence-electron chi connectivity index (χ1n) is 14.4. The van der Waals surface area contributed by atoms with Crippen molar-refractivity contribution in [2.75, 3.05) is 38.8 Å². The summed E-state index contributed by atoms with van der Waals surface area (Å²) in [7, 11) is -0.486. The Balaban J connectivity index is 1.97. The van der Waals surface area contributed by atoms with Crippen molar-refractivity contribution in [2.45, 2.75) is 85.1 Å². The van der Waals surface area contributed by atoms with Crippen LogP contribution in [0.2, 0.25) is 0 Å². The Bertz CT molecular complexity index is 1340. The summed E-state index contributed by atoms with van der Waals surface area (Å²) in [6.07, 6.45) is -5.61. The van der Waals surface area contributed by atoms with Crippen molar-refractivity contribution in [3.8, 4) is 0 Å². The summed E-state index contributed by atoms with van der Waals surface area (Å²) in [5.74, 6) is -1.54. The Morgan fingerprint density at radius 1 is 1.27 bits per heavy atom. The van der Waals surface area contributed by atoms with E-state index in [2.05, 4.69) is 29.9 Å². The van der Waals surface area contributed by atoms with E-state index in [4.69, 9.17) is 25.1 Å². The molecule has 246 valence electrons. The van der Waals surface area contributed by atoms with Gasteiger partial charge < -0.3 is 28.1 Å². The Morgan fingerprint density at radius 3 is 2.55 bits per heavy atom. The van der Waals surface area contributed by atoms with Crippen LogP contribution in [0.4, 0.5) is 14.7 Å². The number of rotatable bonds is 16. The molecule has 14 nitrogen and oxygen atoms in total. The maximum Gasteiger partial charge on any atom is 0.379 e. The third kappa shape index (κ3) is 8.75. The summed E-state index contributed by atoms with van der Waals surface area (Å²) in [5.41, 5.74) is -0.705. The number of anilines is 1. The average molecular weight is 646 g/mol. The van der Waals surface area contributed by atoms with Crippen LogP contribution in [-0.4, -0.2) is 94.0 Å². The number of fused-ring (bicyclic) bond motifs is 1. The third-order valence-electron chi connectivity index (χ3n) is 6.79. The molecular formula is C27H42F2N7O7P. The van der Waals surface area contributed by atoms with Crippen molar-refractivity contribution >= 4 is 31.5 Å². The molecule has 1 aliphatic heterocycles. The number of aromatic nitrogens is 4. The number of H-pyrrole nitrogens is 1. The molecule has 0 radical (unpaired) electrons. The molecule has 5 atom stereocenters. The number of ether oxygens (including phenoxy) is 3. The van der Waals surface area contributed by atoms with Crippen molar-refractivity contribution in [3.63, 3.8) is 0 Å². The molecule has 0 saturated carbocycles. The SMILES string of the molecule is [C-]#[N+]CCOP(OC[C@H]1O[C@@H](n2cnc3c(=O)[nH]c(NC(=O)C(C)C)nc32)[C@H](OC(F)(F)COC)[C@@H]1C)N(C(C)C)C(C)C. The number of carbonyl (C=O) groups excluding carboxylic acids is 1. The molecule has 17 heteroatoms. The van der Waals surface area contributed by atoms with Crippen LogP contribution in [0, 0.1) is 18.4 Å². The van der Waals surface area contributed by atoms with E-state index in [-0.39, 0.29) is 60.8 Å². The van der Waals surface area contributed by atoms with Crippen LogP contribution in [0.25, 0.3) is 16.0 Å². The van der Waals surface area contributed by atoms with Crippen molar-refractivity contribution in [3.05, 3.63) is 28.1 Å². The Labute approximate surface area is 256 Å². The van der Waals surface area contributed by atoms with Crippen LogP contribution in [0.5, 0.6) is 0 Å². The van der Waals surface area contributed by atoms with Crippen LogP contribution in [0.15, 0.2) is 11.1 Å². The number of imidazole rings is 1. The van der Waals surface area contributed by atoms with Gasteiger partial charge in [0, 0.05) is 31.0 Å². The van der Waals surface area contributed by atoms with Crippen LogP contribution in [0.1, 0.15) is 54.7 Å². The second kappa shape index (κ2) is 15.6. The van der Waals surface area contributed by atoms with Crippen LogP contribution in [0.3, 0.4) is 0 Å². The number of methoxy groups -OCH3 is 1. The molecule has 0 aliphatic carbocycles. The van der Waals surface area contributed by atoms with Crippen LogP contribution in [-0.2, 0) is 28.1 Å². The molecule has 0 bridgehead atoms. The Morgan fingerprint density at radius 2 is 1.95 bits per heavy atom. The highest BCUT2D eigenvalue weighted by Gasteiger charge is 2.49. The maximum atomic E-state index is 14.8. The average Bonchev–Trinajstić information content (AvgIpc) is 3.47. The summed E-state index contributed by atoms with van der Waals surface area (Å²) in [5, 5.41) is 2.54. The van der Waals surface area contributed by atoms with Gasteiger partial charge in [-0.05, 0) is 27.7 Å². The smallest absolute Gasteiger partial charge is 0.376 e. The molecule has 2 N–H and O–H groups in total. The summed E-state index contributed by atoms with van der Waals surface area (Å²) in [6, 6.07) is 0.110. The highest BCUT2D eigenvalue weighted by atomic mass is 31.2. The third-order valence-corrected chi connectivity index (χ3v) is 8.87. The Kier molecular flexibility index (Phi) is 12.7. The minimum absolute atomic E-state index is 0.00533. The van der Waals surface area contributed by atoms with E-state index < -0.39 is 51.2 Å². The van der Waals surface area contributed by atoms with Gasteiger partial charge >= 0.3 is 6.11 Å². The normalized spacial score (nSPS) is 21.6. The fourth-order valence-electron chi connectivity index (χ4n) is 4.71. The number of hydrogen-bond acceptors (Lipinski definition) is 10. The predicted octanol–water partition coefficient (Wildman–Crippen LogP) is 4.17. The van der Waals surface area contributed by atoms with Gasteiger partial charge in [-0.2, -0.15) is 13.8 Å². The van der Waals surface area contributed by atoms with Crippen molar-refractivity contribution in [1.82, 2.24) is 24.2 Å². The van der Waals surface area contributed by atoms with Crippen LogP contribution >= 0.6 is 8.53 Å². The van der Waals surface area contributed by atoms with E-state index in [1.807, 2.05) is 32.4 Å². The van der Waals surface area contributed by atoms with Gasteiger partial charge in [0.2, 0.25) is 18.4 Å². The molecular weight excluding hydrogens is 603 g/mol. The number of hydrogen-bond donors (Lipinski definition) is 2. The zero-order chi connectivity index (χ0) is 32.8. The second-order valence-electron chi connectivity index (χ2n) is 11.3. The van der Waals surface area contributed by atoms with E-state index in [0.717, 1.165) is 7.11 Å². The van der Waals surface area contributed by atoms with Gasteiger partial charge in [-0.1, -0.05) is 20.8 Å². The molecule has 1 saturated heterocycles. The number of nitrogens with one attached hydrogen (secondary N) is 2. The fourth-order valence-corrected chi connectivity index (χ4v) is 6.32. The number of halogens is 2. The highest BCUT2D eigenvalue weighted by Crippen LogP contribution is 2.48. The van der Waals surface area contributed by atoms with E-state index in [0.29, 0.717) is 0 Å². The molecule has 3 rings (SSSR count). The molecule has 0 aromatic carbocycles. The lowest BCUT2D eigenvalue weighted by molar-refractivity contribution is -0.296. The minimum atomic E-state index is -3.66. The van der Waals surface area contributed by atoms with Gasteiger partial charge in [-0.15, -0.1) is 0 Å². The molecule has 1 aliphatic rings.